The predicted octanol–water partition coefficient (Wildman–Crippen LogP) is 2.52. The van der Waals surface area contributed by atoms with Crippen LogP contribution < -0.4 is 5.73 Å². The van der Waals surface area contributed by atoms with Crippen molar-refractivity contribution in [3.05, 3.63) is 27.7 Å². The van der Waals surface area contributed by atoms with Gasteiger partial charge in [-0.05, 0) is 53.8 Å². The third-order valence-electron chi connectivity index (χ3n) is 4.22. The molecule has 8 heteroatoms. The van der Waals surface area contributed by atoms with Crippen LogP contribution in [0.15, 0.2) is 16.6 Å². The Balaban J connectivity index is 2.61. The van der Waals surface area contributed by atoms with Gasteiger partial charge in [0.05, 0.1) is 11.3 Å². The largest absolute Gasteiger partial charge is 0.465 e. The Labute approximate surface area is 169 Å². The highest BCUT2D eigenvalue weighted by Gasteiger charge is 2.15. The van der Waals surface area contributed by atoms with Crippen molar-refractivity contribution >= 4 is 33.6 Å². The average molecular weight is 444 g/mol. The summed E-state index contributed by atoms with van der Waals surface area (Å²) in [6.45, 7) is 9.74. The second-order valence-electron chi connectivity index (χ2n) is 6.27. The summed E-state index contributed by atoms with van der Waals surface area (Å²) in [6, 6.07) is 3.49. The van der Waals surface area contributed by atoms with Gasteiger partial charge in [-0.2, -0.15) is 0 Å². The van der Waals surface area contributed by atoms with Crippen molar-refractivity contribution in [1.29, 1.82) is 0 Å². The Morgan fingerprint density at radius 2 is 1.70 bits per heavy atom. The summed E-state index contributed by atoms with van der Waals surface area (Å²) < 4.78 is 10.9. The summed E-state index contributed by atoms with van der Waals surface area (Å²) in [5.41, 5.74) is 8.17. The monoisotopic (exact) mass is 443 g/mol. The summed E-state index contributed by atoms with van der Waals surface area (Å²) in [7, 11) is 1.87. The quantitative estimate of drug-likeness (QED) is 0.415. The standard InChI is InChI=1S/C19H30BrN3O4/c1-5-23(6-2)13-16-11-15(12-17(20)18(16)21)19(25)27-10-8-22(4)7-9-26-14(3)24/h11-12H,5-10,13,21H2,1-4H3. The maximum absolute atomic E-state index is 12.4. The van der Waals surface area contributed by atoms with Crippen LogP contribution in [0.1, 0.15) is 36.7 Å². The van der Waals surface area contributed by atoms with Gasteiger partial charge in [0, 0.05) is 31.0 Å². The van der Waals surface area contributed by atoms with E-state index in [0.29, 0.717) is 42.0 Å². The van der Waals surface area contributed by atoms with Crippen LogP contribution in [0.2, 0.25) is 0 Å². The molecule has 0 aliphatic heterocycles. The highest BCUT2D eigenvalue weighted by molar-refractivity contribution is 9.10. The van der Waals surface area contributed by atoms with Gasteiger partial charge in [-0.25, -0.2) is 4.79 Å². The summed E-state index contributed by atoms with van der Waals surface area (Å²) in [5.74, 6) is -0.686. The lowest BCUT2D eigenvalue weighted by Gasteiger charge is -2.20. The fourth-order valence-corrected chi connectivity index (χ4v) is 2.95. The summed E-state index contributed by atoms with van der Waals surface area (Å²) >= 11 is 3.43. The molecule has 7 nitrogen and oxygen atoms in total. The zero-order valence-corrected chi connectivity index (χ0v) is 18.2. The molecule has 0 aliphatic rings. The number of ether oxygens (including phenoxy) is 2. The number of nitrogens with two attached hydrogens (primary N) is 1. The lowest BCUT2D eigenvalue weighted by atomic mass is 10.1. The van der Waals surface area contributed by atoms with E-state index in [9.17, 15) is 9.59 Å². The van der Waals surface area contributed by atoms with Gasteiger partial charge in [0.25, 0.3) is 0 Å². The van der Waals surface area contributed by atoms with Crippen molar-refractivity contribution in [3.8, 4) is 0 Å². The van der Waals surface area contributed by atoms with Gasteiger partial charge in [-0.1, -0.05) is 13.8 Å². The van der Waals surface area contributed by atoms with E-state index in [-0.39, 0.29) is 18.5 Å². The smallest absolute Gasteiger partial charge is 0.338 e. The molecular weight excluding hydrogens is 414 g/mol. The SMILES string of the molecule is CCN(CC)Cc1cc(C(=O)OCCN(C)CCOC(C)=O)cc(Br)c1N. The predicted molar refractivity (Wildman–Crippen MR) is 110 cm³/mol. The molecule has 2 N–H and O–H groups in total. The Hall–Kier alpha value is -1.64. The van der Waals surface area contributed by atoms with Gasteiger partial charge >= 0.3 is 11.9 Å². The number of esters is 2. The van der Waals surface area contributed by atoms with Crippen LogP contribution in [-0.4, -0.2) is 68.2 Å². The topological polar surface area (TPSA) is 85.1 Å². The summed E-state index contributed by atoms with van der Waals surface area (Å²) in [6.07, 6.45) is 0. The molecule has 0 aromatic heterocycles. The molecule has 0 aliphatic carbocycles. The normalized spacial score (nSPS) is 11.1. The van der Waals surface area contributed by atoms with Crippen molar-refractivity contribution in [1.82, 2.24) is 9.80 Å². The van der Waals surface area contributed by atoms with Gasteiger partial charge in [0.15, 0.2) is 0 Å². The fourth-order valence-electron chi connectivity index (χ4n) is 2.45. The van der Waals surface area contributed by atoms with E-state index in [4.69, 9.17) is 15.2 Å². The molecule has 0 radical (unpaired) electrons. The van der Waals surface area contributed by atoms with Crippen molar-refractivity contribution < 1.29 is 19.1 Å². The fraction of sp³-hybridized carbons (Fsp3) is 0.579. The molecule has 27 heavy (non-hydrogen) atoms. The second kappa shape index (κ2) is 11.9. The highest BCUT2D eigenvalue weighted by Crippen LogP contribution is 2.27. The molecule has 0 saturated heterocycles. The summed E-state index contributed by atoms with van der Waals surface area (Å²) in [4.78, 5) is 27.3. The number of benzene rings is 1. The molecule has 0 heterocycles. The Morgan fingerprint density at radius 3 is 2.26 bits per heavy atom. The molecule has 0 fully saturated rings. The van der Waals surface area contributed by atoms with Gasteiger partial charge in [-0.15, -0.1) is 0 Å². The van der Waals surface area contributed by atoms with E-state index in [0.717, 1.165) is 18.7 Å². The number of nitrogens with zero attached hydrogens (tertiary/aromatic N) is 2. The zero-order chi connectivity index (χ0) is 20.4. The molecule has 0 amide bonds. The van der Waals surface area contributed by atoms with Gasteiger partial charge in [0.1, 0.15) is 13.2 Å². The van der Waals surface area contributed by atoms with Crippen LogP contribution in [0.4, 0.5) is 5.69 Å². The number of carbonyl (C=O) groups excluding carboxylic acids is 2. The van der Waals surface area contributed by atoms with Crippen LogP contribution in [0.3, 0.4) is 0 Å². The lowest BCUT2D eigenvalue weighted by Crippen LogP contribution is -2.28. The molecular formula is C19H30BrN3O4. The molecule has 0 unspecified atom stereocenters. The van der Waals surface area contributed by atoms with E-state index >= 15 is 0 Å². The van der Waals surface area contributed by atoms with Crippen LogP contribution in [0, 0.1) is 0 Å². The average Bonchev–Trinajstić information content (AvgIpc) is 2.62. The minimum Gasteiger partial charge on any atom is -0.465 e. The second-order valence-corrected chi connectivity index (χ2v) is 7.13. The van der Waals surface area contributed by atoms with Crippen molar-refractivity contribution in [2.75, 3.05) is 52.2 Å². The third kappa shape index (κ3) is 8.28. The maximum Gasteiger partial charge on any atom is 0.338 e. The molecule has 1 rings (SSSR count). The van der Waals surface area contributed by atoms with E-state index in [1.54, 1.807) is 12.1 Å². The minimum absolute atomic E-state index is 0.253. The summed E-state index contributed by atoms with van der Waals surface area (Å²) in [5, 5.41) is 0. The molecule has 0 spiro atoms. The van der Waals surface area contributed by atoms with Crippen LogP contribution in [-0.2, 0) is 20.8 Å². The lowest BCUT2D eigenvalue weighted by molar-refractivity contribution is -0.141. The molecule has 0 bridgehead atoms. The van der Waals surface area contributed by atoms with Crippen molar-refractivity contribution in [2.24, 2.45) is 0 Å². The number of hydrogen-bond acceptors (Lipinski definition) is 7. The number of anilines is 1. The first-order chi connectivity index (χ1) is 12.8. The first kappa shape index (κ1) is 23.4. The molecule has 1 aromatic carbocycles. The first-order valence-electron chi connectivity index (χ1n) is 9.07. The van der Waals surface area contributed by atoms with E-state index in [2.05, 4.69) is 34.7 Å². The minimum atomic E-state index is -0.384. The van der Waals surface area contributed by atoms with Crippen molar-refractivity contribution in [3.63, 3.8) is 0 Å². The number of likely N-dealkylation sites (N-methyl/N-ethyl adjacent to an activating group) is 1. The first-order valence-corrected chi connectivity index (χ1v) is 9.87. The molecule has 0 saturated carbocycles. The Bertz CT molecular complexity index is 636. The number of halogens is 1. The molecule has 152 valence electrons. The molecule has 1 aromatic rings. The zero-order valence-electron chi connectivity index (χ0n) is 16.6. The van der Waals surface area contributed by atoms with E-state index in [1.807, 2.05) is 11.9 Å². The number of carbonyl (C=O) groups is 2. The number of hydrogen-bond donors (Lipinski definition) is 1. The van der Waals surface area contributed by atoms with Gasteiger partial charge in [0.2, 0.25) is 0 Å². The van der Waals surface area contributed by atoms with Crippen molar-refractivity contribution in [2.45, 2.75) is 27.3 Å². The Kier molecular flexibility index (Phi) is 10.4. The number of rotatable bonds is 11. The highest BCUT2D eigenvalue weighted by atomic mass is 79.9. The van der Waals surface area contributed by atoms with E-state index < -0.39 is 0 Å². The molecule has 0 atom stereocenters. The third-order valence-corrected chi connectivity index (χ3v) is 4.88. The van der Waals surface area contributed by atoms with Gasteiger partial charge in [-0.3, -0.25) is 14.6 Å². The Morgan fingerprint density at radius 1 is 1.11 bits per heavy atom. The van der Waals surface area contributed by atoms with Crippen LogP contribution in [0.5, 0.6) is 0 Å². The number of nitrogen functional groups attached to an aromatic ring is 1. The maximum atomic E-state index is 12.4. The van der Waals surface area contributed by atoms with Crippen LogP contribution >= 0.6 is 15.9 Å². The van der Waals surface area contributed by atoms with Crippen LogP contribution in [0.25, 0.3) is 0 Å². The van der Waals surface area contributed by atoms with Gasteiger partial charge < -0.3 is 15.2 Å². The van der Waals surface area contributed by atoms with E-state index in [1.165, 1.54) is 6.92 Å².